The minimum Gasteiger partial charge on any atom is -0.497 e. The number of methoxy groups -OCH3 is 2. The second kappa shape index (κ2) is 8.12. The summed E-state index contributed by atoms with van der Waals surface area (Å²) in [7, 11) is 5.14. The summed E-state index contributed by atoms with van der Waals surface area (Å²) in [6.07, 6.45) is 0. The van der Waals surface area contributed by atoms with Crippen LogP contribution in [0.15, 0.2) is 60.7 Å². The van der Waals surface area contributed by atoms with E-state index in [0.29, 0.717) is 6.54 Å². The average Bonchev–Trinajstić information content (AvgIpc) is 2.72. The van der Waals surface area contributed by atoms with E-state index in [9.17, 15) is 4.79 Å². The zero-order valence-corrected chi connectivity index (χ0v) is 16.2. The zero-order chi connectivity index (χ0) is 19.4. The number of para-hydroxylation sites is 1. The SMILES string of the molecule is COc1ccc2cc([C@H](C)C(=O)N(C)Cc3ccccc3OC)ccc2c1. The van der Waals surface area contributed by atoms with Crippen LogP contribution in [0.3, 0.4) is 0 Å². The third kappa shape index (κ3) is 4.05. The van der Waals surface area contributed by atoms with E-state index in [-0.39, 0.29) is 11.8 Å². The van der Waals surface area contributed by atoms with Crippen LogP contribution in [0.2, 0.25) is 0 Å². The summed E-state index contributed by atoms with van der Waals surface area (Å²) in [6, 6.07) is 19.9. The van der Waals surface area contributed by atoms with E-state index in [4.69, 9.17) is 9.47 Å². The Labute approximate surface area is 160 Å². The molecule has 0 heterocycles. The first-order chi connectivity index (χ1) is 13.0. The van der Waals surface area contributed by atoms with Gasteiger partial charge in [0.25, 0.3) is 0 Å². The van der Waals surface area contributed by atoms with Gasteiger partial charge in [0.2, 0.25) is 5.91 Å². The van der Waals surface area contributed by atoms with Gasteiger partial charge >= 0.3 is 0 Å². The summed E-state index contributed by atoms with van der Waals surface area (Å²) in [5, 5.41) is 2.19. The third-order valence-corrected chi connectivity index (χ3v) is 4.92. The van der Waals surface area contributed by atoms with E-state index in [1.54, 1.807) is 19.1 Å². The van der Waals surface area contributed by atoms with Gasteiger partial charge in [-0.2, -0.15) is 0 Å². The van der Waals surface area contributed by atoms with Crippen LogP contribution in [0, 0.1) is 0 Å². The number of ether oxygens (including phenoxy) is 2. The number of likely N-dealkylation sites (N-methyl/N-ethyl adjacent to an activating group) is 1. The van der Waals surface area contributed by atoms with Crippen molar-refractivity contribution in [2.45, 2.75) is 19.4 Å². The molecule has 4 nitrogen and oxygen atoms in total. The van der Waals surface area contributed by atoms with Gasteiger partial charge in [0.05, 0.1) is 20.1 Å². The normalized spacial score (nSPS) is 11.9. The van der Waals surface area contributed by atoms with Crippen LogP contribution in [0.1, 0.15) is 24.0 Å². The van der Waals surface area contributed by atoms with Gasteiger partial charge in [0.1, 0.15) is 11.5 Å². The van der Waals surface area contributed by atoms with Gasteiger partial charge in [-0.25, -0.2) is 0 Å². The molecule has 0 aliphatic rings. The second-order valence-electron chi connectivity index (χ2n) is 6.70. The molecule has 3 aromatic carbocycles. The summed E-state index contributed by atoms with van der Waals surface area (Å²) in [5.41, 5.74) is 2.00. The van der Waals surface area contributed by atoms with E-state index >= 15 is 0 Å². The summed E-state index contributed by atoms with van der Waals surface area (Å²) in [5.74, 6) is 1.48. The Kier molecular flexibility index (Phi) is 5.65. The van der Waals surface area contributed by atoms with E-state index in [2.05, 4.69) is 6.07 Å². The number of rotatable bonds is 6. The molecule has 0 saturated carbocycles. The molecule has 140 valence electrons. The Morgan fingerprint density at radius 3 is 2.41 bits per heavy atom. The second-order valence-corrected chi connectivity index (χ2v) is 6.70. The van der Waals surface area contributed by atoms with Gasteiger partial charge in [-0.05, 0) is 41.5 Å². The molecular weight excluding hydrogens is 338 g/mol. The first kappa shape index (κ1) is 18.8. The minimum atomic E-state index is -0.226. The molecule has 0 fully saturated rings. The summed E-state index contributed by atoms with van der Waals surface area (Å²) in [6.45, 7) is 2.46. The number of hydrogen-bond acceptors (Lipinski definition) is 3. The van der Waals surface area contributed by atoms with Crippen molar-refractivity contribution < 1.29 is 14.3 Å². The van der Waals surface area contributed by atoms with Crippen molar-refractivity contribution in [3.05, 3.63) is 71.8 Å². The number of carbonyl (C=O) groups is 1. The number of hydrogen-bond donors (Lipinski definition) is 0. The number of fused-ring (bicyclic) bond motifs is 1. The van der Waals surface area contributed by atoms with E-state index in [1.807, 2.05) is 68.6 Å². The topological polar surface area (TPSA) is 38.8 Å². The summed E-state index contributed by atoms with van der Waals surface area (Å²) in [4.78, 5) is 14.7. The maximum atomic E-state index is 12.9. The zero-order valence-electron chi connectivity index (χ0n) is 16.2. The molecule has 0 spiro atoms. The molecule has 0 saturated heterocycles. The predicted molar refractivity (Wildman–Crippen MR) is 108 cm³/mol. The Morgan fingerprint density at radius 2 is 1.67 bits per heavy atom. The van der Waals surface area contributed by atoms with Gasteiger partial charge in [-0.1, -0.05) is 42.5 Å². The van der Waals surface area contributed by atoms with Crippen LogP contribution >= 0.6 is 0 Å². The molecule has 0 aliphatic carbocycles. The average molecular weight is 363 g/mol. The fourth-order valence-electron chi connectivity index (χ4n) is 3.28. The number of benzene rings is 3. The quantitative estimate of drug-likeness (QED) is 0.641. The molecule has 0 N–H and O–H groups in total. The Bertz CT molecular complexity index is 951. The number of amides is 1. The minimum absolute atomic E-state index is 0.0776. The van der Waals surface area contributed by atoms with Crippen LogP contribution < -0.4 is 9.47 Å². The molecule has 0 bridgehead atoms. The van der Waals surface area contributed by atoms with Crippen molar-refractivity contribution in [3.63, 3.8) is 0 Å². The highest BCUT2D eigenvalue weighted by Gasteiger charge is 2.20. The van der Waals surface area contributed by atoms with Crippen molar-refractivity contribution >= 4 is 16.7 Å². The lowest BCUT2D eigenvalue weighted by atomic mass is 9.96. The number of nitrogens with zero attached hydrogens (tertiary/aromatic N) is 1. The fraction of sp³-hybridized carbons (Fsp3) is 0.261. The van der Waals surface area contributed by atoms with Gasteiger partial charge in [0, 0.05) is 19.2 Å². The standard InChI is InChI=1S/C23H25NO3/c1-16(17-9-10-19-14-21(26-3)12-11-18(19)13-17)23(25)24(2)15-20-7-5-6-8-22(20)27-4/h5-14,16H,15H2,1-4H3/t16-/m0/s1. The van der Waals surface area contributed by atoms with Crippen molar-refractivity contribution in [1.82, 2.24) is 4.90 Å². The lowest BCUT2D eigenvalue weighted by Gasteiger charge is -2.23. The molecule has 0 radical (unpaired) electrons. The summed E-state index contributed by atoms with van der Waals surface area (Å²) >= 11 is 0. The predicted octanol–water partition coefficient (Wildman–Crippen LogP) is 4.62. The van der Waals surface area contributed by atoms with Crippen LogP contribution in [-0.4, -0.2) is 32.1 Å². The molecule has 0 aliphatic heterocycles. The highest BCUT2D eigenvalue weighted by atomic mass is 16.5. The first-order valence-corrected chi connectivity index (χ1v) is 8.98. The molecule has 4 heteroatoms. The molecular formula is C23H25NO3. The highest BCUT2D eigenvalue weighted by Crippen LogP contribution is 2.27. The van der Waals surface area contributed by atoms with E-state index in [0.717, 1.165) is 33.4 Å². The Hall–Kier alpha value is -3.01. The van der Waals surface area contributed by atoms with Crippen molar-refractivity contribution in [2.24, 2.45) is 0 Å². The fourth-order valence-corrected chi connectivity index (χ4v) is 3.28. The molecule has 0 aromatic heterocycles. The van der Waals surface area contributed by atoms with Gasteiger partial charge < -0.3 is 14.4 Å². The highest BCUT2D eigenvalue weighted by molar-refractivity contribution is 5.88. The van der Waals surface area contributed by atoms with Gasteiger partial charge in [0.15, 0.2) is 0 Å². The smallest absolute Gasteiger partial charge is 0.229 e. The first-order valence-electron chi connectivity index (χ1n) is 8.98. The summed E-state index contributed by atoms with van der Waals surface area (Å²) < 4.78 is 10.7. The van der Waals surface area contributed by atoms with Gasteiger partial charge in [-0.3, -0.25) is 4.79 Å². The van der Waals surface area contributed by atoms with Crippen LogP contribution in [0.5, 0.6) is 11.5 Å². The van der Waals surface area contributed by atoms with Crippen molar-refractivity contribution in [3.8, 4) is 11.5 Å². The van der Waals surface area contributed by atoms with E-state index < -0.39 is 0 Å². The molecule has 3 aromatic rings. The lowest BCUT2D eigenvalue weighted by molar-refractivity contribution is -0.131. The van der Waals surface area contributed by atoms with Crippen LogP contribution in [-0.2, 0) is 11.3 Å². The Morgan fingerprint density at radius 1 is 0.963 bits per heavy atom. The Balaban J connectivity index is 1.78. The molecule has 0 unspecified atom stereocenters. The molecule has 1 atom stereocenters. The molecule has 1 amide bonds. The van der Waals surface area contributed by atoms with Gasteiger partial charge in [-0.15, -0.1) is 0 Å². The molecule has 27 heavy (non-hydrogen) atoms. The monoisotopic (exact) mass is 363 g/mol. The van der Waals surface area contributed by atoms with E-state index in [1.165, 1.54) is 0 Å². The lowest BCUT2D eigenvalue weighted by Crippen LogP contribution is -2.30. The number of carbonyl (C=O) groups excluding carboxylic acids is 1. The maximum Gasteiger partial charge on any atom is 0.229 e. The third-order valence-electron chi connectivity index (χ3n) is 4.92. The maximum absolute atomic E-state index is 12.9. The van der Waals surface area contributed by atoms with Crippen LogP contribution in [0.25, 0.3) is 10.8 Å². The van der Waals surface area contributed by atoms with Crippen molar-refractivity contribution in [2.75, 3.05) is 21.3 Å². The largest absolute Gasteiger partial charge is 0.497 e. The van der Waals surface area contributed by atoms with Crippen molar-refractivity contribution in [1.29, 1.82) is 0 Å². The van der Waals surface area contributed by atoms with Crippen LogP contribution in [0.4, 0.5) is 0 Å². The molecule has 3 rings (SSSR count).